The highest BCUT2D eigenvalue weighted by atomic mass is 32.2. The Hall–Kier alpha value is 2.10. The predicted octanol–water partition coefficient (Wildman–Crippen LogP) is 3.94. The van der Waals surface area contributed by atoms with E-state index in [1.807, 2.05) is 23.5 Å². The van der Waals surface area contributed by atoms with Gasteiger partial charge in [-0.25, -0.2) is 0 Å². The molecule has 0 aliphatic heterocycles. The van der Waals surface area contributed by atoms with Crippen LogP contribution >= 0.6 is 74.0 Å². The molecule has 1 aliphatic rings. The van der Waals surface area contributed by atoms with Crippen LogP contribution in [-0.2, 0) is 0 Å². The van der Waals surface area contributed by atoms with E-state index in [4.69, 9.17) is 25.3 Å². The third-order valence-corrected chi connectivity index (χ3v) is 7.94. The van der Waals surface area contributed by atoms with E-state index < -0.39 is 0 Å². The molecule has 0 amide bonds. The Morgan fingerprint density at radius 3 is 1.50 bits per heavy atom. The van der Waals surface area contributed by atoms with Crippen molar-refractivity contribution in [3.8, 4) is 0 Å². The number of hydrogen-bond acceptors (Lipinski definition) is 6. The largest absolute Gasteiger partial charge is 0.179 e. The molecule has 0 saturated heterocycles. The van der Waals surface area contributed by atoms with Gasteiger partial charge in [-0.05, 0) is 47.7 Å². The topological polar surface area (TPSA) is 0 Å². The first-order chi connectivity index (χ1) is 8.69. The standard InChI is InChI=1S/C12H24S6/c13-1-3-17-7-9-5-12(16)10(6-11(9)15)8-18-4-2-14/h9-16H,1-8H2. The van der Waals surface area contributed by atoms with E-state index in [9.17, 15) is 0 Å². The van der Waals surface area contributed by atoms with Crippen molar-refractivity contribution in [3.63, 3.8) is 0 Å². The van der Waals surface area contributed by atoms with Crippen molar-refractivity contribution in [2.75, 3.05) is 34.5 Å². The highest BCUT2D eigenvalue weighted by Gasteiger charge is 2.33. The lowest BCUT2D eigenvalue weighted by Crippen LogP contribution is -2.36. The van der Waals surface area contributed by atoms with Crippen molar-refractivity contribution in [3.05, 3.63) is 0 Å². The van der Waals surface area contributed by atoms with Gasteiger partial charge in [0.05, 0.1) is 0 Å². The molecule has 0 spiro atoms. The van der Waals surface area contributed by atoms with Gasteiger partial charge in [0.1, 0.15) is 0 Å². The van der Waals surface area contributed by atoms with Gasteiger partial charge in [0, 0.05) is 22.0 Å². The molecule has 1 aliphatic carbocycles. The van der Waals surface area contributed by atoms with E-state index in [-0.39, 0.29) is 0 Å². The molecule has 6 heteroatoms. The van der Waals surface area contributed by atoms with E-state index in [2.05, 4.69) is 25.3 Å². The molecule has 1 saturated carbocycles. The van der Waals surface area contributed by atoms with Crippen molar-refractivity contribution >= 4 is 74.0 Å². The maximum absolute atomic E-state index is 4.81. The Bertz CT molecular complexity index is 191. The molecule has 18 heavy (non-hydrogen) atoms. The molecule has 0 heterocycles. The van der Waals surface area contributed by atoms with E-state index in [1.54, 1.807) is 0 Å². The van der Waals surface area contributed by atoms with Crippen molar-refractivity contribution < 1.29 is 0 Å². The summed E-state index contributed by atoms with van der Waals surface area (Å²) in [7, 11) is 0. The zero-order valence-corrected chi connectivity index (χ0v) is 15.8. The van der Waals surface area contributed by atoms with Gasteiger partial charge in [-0.1, -0.05) is 0 Å². The summed E-state index contributed by atoms with van der Waals surface area (Å²) in [4.78, 5) is 0. The van der Waals surface area contributed by atoms with E-state index in [0.717, 1.165) is 34.8 Å². The van der Waals surface area contributed by atoms with E-state index in [1.165, 1.54) is 24.3 Å². The second-order valence-corrected chi connectivity index (χ2v) is 9.24. The molecule has 108 valence electrons. The maximum atomic E-state index is 4.81. The van der Waals surface area contributed by atoms with Gasteiger partial charge in [0.2, 0.25) is 0 Å². The summed E-state index contributed by atoms with van der Waals surface area (Å²) in [6.07, 6.45) is 2.45. The van der Waals surface area contributed by atoms with Crippen molar-refractivity contribution in [1.82, 2.24) is 0 Å². The molecule has 1 fully saturated rings. The first-order valence-corrected chi connectivity index (χ1v) is 11.0. The zero-order chi connectivity index (χ0) is 13.4. The van der Waals surface area contributed by atoms with Crippen LogP contribution in [0.25, 0.3) is 0 Å². The van der Waals surface area contributed by atoms with E-state index in [0.29, 0.717) is 10.5 Å². The predicted molar refractivity (Wildman–Crippen MR) is 104 cm³/mol. The first kappa shape index (κ1) is 18.1. The van der Waals surface area contributed by atoms with Crippen LogP contribution in [0.2, 0.25) is 0 Å². The maximum Gasteiger partial charge on any atom is 0.00566 e. The normalized spacial score (nSPS) is 32.7. The second-order valence-electron chi connectivity index (χ2n) is 4.72. The molecular weight excluding hydrogens is 337 g/mol. The first-order valence-electron chi connectivity index (χ1n) is 6.42. The Labute approximate surface area is 143 Å². The fourth-order valence-corrected chi connectivity index (χ4v) is 6.27. The summed E-state index contributed by atoms with van der Waals surface area (Å²) in [6, 6.07) is 0. The second kappa shape index (κ2) is 10.8. The molecule has 0 aromatic rings. The number of hydrogen-bond donors (Lipinski definition) is 4. The summed E-state index contributed by atoms with van der Waals surface area (Å²) >= 11 is 22.2. The highest BCUT2D eigenvalue weighted by molar-refractivity contribution is 8.00. The Morgan fingerprint density at radius 1 is 0.778 bits per heavy atom. The molecule has 0 nitrogen and oxygen atoms in total. The minimum Gasteiger partial charge on any atom is -0.179 e. The van der Waals surface area contributed by atoms with Crippen LogP contribution in [0.3, 0.4) is 0 Å². The number of rotatable bonds is 8. The van der Waals surface area contributed by atoms with Crippen LogP contribution in [0, 0.1) is 11.8 Å². The van der Waals surface area contributed by atoms with Crippen LogP contribution in [-0.4, -0.2) is 45.0 Å². The van der Waals surface area contributed by atoms with Crippen LogP contribution < -0.4 is 0 Å². The SMILES string of the molecule is SCCSCC1CC(S)C(CSCCS)CC1S. The van der Waals surface area contributed by atoms with Crippen LogP contribution in [0.5, 0.6) is 0 Å². The molecular formula is C12H24S6. The average Bonchev–Trinajstić information content (AvgIpc) is 2.35. The lowest BCUT2D eigenvalue weighted by Gasteiger charge is -2.37. The van der Waals surface area contributed by atoms with Gasteiger partial charge in [0.25, 0.3) is 0 Å². The summed E-state index contributed by atoms with van der Waals surface area (Å²) in [5, 5.41) is 1.12. The van der Waals surface area contributed by atoms with Crippen molar-refractivity contribution in [2.45, 2.75) is 23.3 Å². The third-order valence-electron chi connectivity index (χ3n) is 3.31. The van der Waals surface area contributed by atoms with Gasteiger partial charge in [-0.3, -0.25) is 0 Å². The zero-order valence-electron chi connectivity index (χ0n) is 10.6. The monoisotopic (exact) mass is 360 g/mol. The van der Waals surface area contributed by atoms with Gasteiger partial charge in [0.15, 0.2) is 0 Å². The minimum atomic E-state index is 0.558. The molecule has 0 aromatic heterocycles. The molecule has 0 N–H and O–H groups in total. The Morgan fingerprint density at radius 2 is 1.17 bits per heavy atom. The lowest BCUT2D eigenvalue weighted by molar-refractivity contribution is 0.339. The average molecular weight is 361 g/mol. The fraction of sp³-hybridized carbons (Fsp3) is 1.00. The minimum absolute atomic E-state index is 0.558. The summed E-state index contributed by atoms with van der Waals surface area (Å²) in [6.45, 7) is 0. The Kier molecular flexibility index (Phi) is 10.9. The molecule has 0 radical (unpaired) electrons. The fourth-order valence-electron chi connectivity index (χ4n) is 2.28. The number of thioether (sulfide) groups is 2. The highest BCUT2D eigenvalue weighted by Crippen LogP contribution is 2.38. The molecule has 0 aromatic carbocycles. The van der Waals surface area contributed by atoms with Crippen molar-refractivity contribution in [1.29, 1.82) is 0 Å². The summed E-state index contributed by atoms with van der Waals surface area (Å²) < 4.78 is 0. The molecule has 0 bridgehead atoms. The van der Waals surface area contributed by atoms with Crippen LogP contribution in [0.1, 0.15) is 12.8 Å². The summed E-state index contributed by atoms with van der Waals surface area (Å²) in [5.41, 5.74) is 0. The van der Waals surface area contributed by atoms with Gasteiger partial charge in [-0.15, -0.1) is 0 Å². The molecule has 4 atom stereocenters. The van der Waals surface area contributed by atoms with Gasteiger partial charge in [-0.2, -0.15) is 74.0 Å². The van der Waals surface area contributed by atoms with Crippen LogP contribution in [0.4, 0.5) is 0 Å². The Balaban J connectivity index is 2.29. The van der Waals surface area contributed by atoms with E-state index >= 15 is 0 Å². The molecule has 1 rings (SSSR count). The quantitative estimate of drug-likeness (QED) is 0.382. The van der Waals surface area contributed by atoms with Crippen LogP contribution in [0.15, 0.2) is 0 Å². The van der Waals surface area contributed by atoms with Crippen molar-refractivity contribution in [2.24, 2.45) is 11.8 Å². The number of thiol groups is 4. The smallest absolute Gasteiger partial charge is 0.00566 e. The third kappa shape index (κ3) is 6.70. The lowest BCUT2D eigenvalue weighted by atomic mass is 9.83. The molecule has 4 unspecified atom stereocenters. The van der Waals surface area contributed by atoms with Gasteiger partial charge >= 0.3 is 0 Å². The van der Waals surface area contributed by atoms with Gasteiger partial charge < -0.3 is 0 Å². The summed E-state index contributed by atoms with van der Waals surface area (Å²) in [5.74, 6) is 8.16.